The van der Waals surface area contributed by atoms with Crippen LogP contribution >= 0.6 is 0 Å². The van der Waals surface area contributed by atoms with Crippen molar-refractivity contribution >= 4 is 89.4 Å². The summed E-state index contributed by atoms with van der Waals surface area (Å²) >= 11 is 0. The molecule has 2 aliphatic carbocycles. The monoisotopic (exact) mass is 919 g/mol. The van der Waals surface area contributed by atoms with Gasteiger partial charge >= 0.3 is 65.2 Å². The zero-order chi connectivity index (χ0) is 42.6. The minimum Gasteiger partial charge on any atom is -0.506 e. The van der Waals surface area contributed by atoms with Gasteiger partial charge in [0.1, 0.15) is 39.2 Å². The molecule has 0 unspecified atom stereocenters. The minimum atomic E-state index is -4.84. The van der Waals surface area contributed by atoms with Crippen LogP contribution < -0.4 is 75.3 Å². The van der Waals surface area contributed by atoms with Gasteiger partial charge < -0.3 is 14.9 Å². The molecule has 7 rings (SSSR count). The molecule has 0 bridgehead atoms. The number of aromatic hydroxyl groups is 2. The fourth-order valence-electron chi connectivity index (χ4n) is 5.83. The van der Waals surface area contributed by atoms with E-state index in [-0.39, 0.29) is 128 Å². The number of hydrazone groups is 2. The third-order valence-corrected chi connectivity index (χ3v) is 9.47. The second-order valence-corrected chi connectivity index (χ2v) is 13.6. The second kappa shape index (κ2) is 21.3. The number of hydrogen-bond donors (Lipinski definition) is 6. The van der Waals surface area contributed by atoms with Gasteiger partial charge in [-0.1, -0.05) is 48.5 Å². The summed E-state index contributed by atoms with van der Waals surface area (Å²) in [6.45, 7) is 0. The Morgan fingerprint density at radius 2 is 1.39 bits per heavy atom. The maximum Gasteiger partial charge on any atom is 1.00 e. The Bertz CT molecular complexity index is 2890. The average molecular weight is 920 g/mol. The first-order chi connectivity index (χ1) is 28.1. The van der Waals surface area contributed by atoms with Crippen molar-refractivity contribution in [3.63, 3.8) is 0 Å². The predicted octanol–water partition coefficient (Wildman–Crippen LogP) is -0.0225. The molecule has 6 N–H and O–H groups in total. The first-order valence-electron chi connectivity index (χ1n) is 16.7. The Hall–Kier alpha value is -5.77. The molecule has 0 saturated heterocycles. The summed E-state index contributed by atoms with van der Waals surface area (Å²) in [5.74, 6) is -1.72. The van der Waals surface area contributed by atoms with Gasteiger partial charge in [-0.2, -0.15) is 18.6 Å². The maximum absolute atomic E-state index is 12.6. The number of rotatable bonds is 8. The molecule has 0 aliphatic heterocycles. The van der Waals surface area contributed by atoms with Gasteiger partial charge in [-0.05, 0) is 41.3 Å². The number of anilines is 3. The molecular formula is C38H27CrN7Na2O13S+2. The summed E-state index contributed by atoms with van der Waals surface area (Å²) in [4.78, 5) is 56.4. The fourth-order valence-corrected chi connectivity index (χ4v) is 6.54. The molecule has 0 atom stereocenters. The summed E-state index contributed by atoms with van der Waals surface area (Å²) < 4.78 is 37.5. The fraction of sp³-hybridized carbons (Fsp3) is 0.0263. The first-order valence-corrected chi connectivity index (χ1v) is 18.1. The smallest absolute Gasteiger partial charge is 0.506 e. The second-order valence-electron chi connectivity index (χ2n) is 12.2. The van der Waals surface area contributed by atoms with Crippen LogP contribution in [0.1, 0.15) is 22.3 Å². The normalized spacial score (nSPS) is 13.7. The molecule has 0 fully saturated rings. The van der Waals surface area contributed by atoms with Crippen molar-refractivity contribution in [2.45, 2.75) is 0 Å². The van der Waals surface area contributed by atoms with E-state index in [4.69, 9.17) is 0 Å². The topological polar surface area (TPSA) is 302 Å². The summed E-state index contributed by atoms with van der Waals surface area (Å²) in [6.07, 6.45) is 2.80. The van der Waals surface area contributed by atoms with Crippen molar-refractivity contribution in [1.29, 1.82) is 0 Å². The molecule has 20 nitrogen and oxygen atoms in total. The molecule has 0 saturated carbocycles. The van der Waals surface area contributed by atoms with Crippen molar-refractivity contribution in [3.8, 4) is 11.5 Å². The van der Waals surface area contributed by atoms with E-state index in [1.54, 1.807) is 42.5 Å². The number of phenolic OH excluding ortho intramolecular Hbond substituents is 2. The predicted molar refractivity (Wildman–Crippen MR) is 215 cm³/mol. The van der Waals surface area contributed by atoms with Gasteiger partial charge in [-0.25, -0.2) is 4.79 Å². The van der Waals surface area contributed by atoms with E-state index in [0.29, 0.717) is 28.3 Å². The number of hydrogen-bond acceptors (Lipinski definition) is 16. The number of amides is 1. The number of benzene rings is 5. The number of nitrogens with one attached hydrogen (secondary N) is 3. The Labute approximate surface area is 405 Å². The van der Waals surface area contributed by atoms with Crippen LogP contribution in [-0.2, 0) is 41.8 Å². The van der Waals surface area contributed by atoms with E-state index in [0.717, 1.165) is 35.7 Å². The molecular weight excluding hydrogens is 892 g/mol. The van der Waals surface area contributed by atoms with E-state index in [1.165, 1.54) is 25.3 Å². The SMILES string of the molecule is COC(=O)Nc1cccc2c1/C(=N/Nc1cc([N+](=O)[O-])ccc1O)C(=O)C=C2.O=C1C=C(S(=O)(=O)O)c2cc([N+](=O)[O-])ccc2/C1=N/Nc1c(O)ccc2ccccc12.[Cr].[Na+].[Na+]. The Morgan fingerprint density at radius 1 is 0.742 bits per heavy atom. The van der Waals surface area contributed by atoms with Gasteiger partial charge in [0.15, 0.2) is 0 Å². The third-order valence-electron chi connectivity index (χ3n) is 8.58. The van der Waals surface area contributed by atoms with Gasteiger partial charge in [0.25, 0.3) is 21.5 Å². The number of nitrogens with zero attached hydrogens (tertiary/aromatic N) is 4. The first kappa shape index (κ1) is 50.6. The maximum atomic E-state index is 12.6. The largest absolute Gasteiger partial charge is 1.00 e. The number of ether oxygens (including phenoxy) is 1. The molecule has 1 amide bonds. The van der Waals surface area contributed by atoms with Crippen molar-refractivity contribution in [3.05, 3.63) is 146 Å². The van der Waals surface area contributed by atoms with Crippen LogP contribution in [0.4, 0.5) is 33.2 Å². The number of allylic oxidation sites excluding steroid dienone is 2. The summed E-state index contributed by atoms with van der Waals surface area (Å²) in [5, 5.41) is 54.1. The molecule has 0 heterocycles. The van der Waals surface area contributed by atoms with E-state index in [9.17, 15) is 57.8 Å². The zero-order valence-corrected chi connectivity index (χ0v) is 38.5. The number of non-ortho nitro benzene ring substituents is 2. The zero-order valence-electron chi connectivity index (χ0n) is 32.4. The van der Waals surface area contributed by atoms with E-state index in [1.807, 2.05) is 12.1 Å². The van der Waals surface area contributed by atoms with Gasteiger partial charge in [0.05, 0.1) is 22.6 Å². The Kier molecular flexibility index (Phi) is 17.4. The molecule has 304 valence electrons. The van der Waals surface area contributed by atoms with E-state index >= 15 is 0 Å². The van der Waals surface area contributed by atoms with E-state index < -0.39 is 48.2 Å². The van der Waals surface area contributed by atoms with Gasteiger partial charge in [0, 0.05) is 69.8 Å². The van der Waals surface area contributed by atoms with Crippen LogP contribution in [0.5, 0.6) is 11.5 Å². The molecule has 5 aromatic carbocycles. The van der Waals surface area contributed by atoms with Crippen molar-refractivity contribution in [1.82, 2.24) is 0 Å². The minimum absolute atomic E-state index is 0. The Morgan fingerprint density at radius 3 is 2.06 bits per heavy atom. The number of carbonyl (C=O) groups excluding carboxylic acids is 3. The van der Waals surface area contributed by atoms with Crippen LogP contribution in [0, 0.1) is 20.2 Å². The van der Waals surface area contributed by atoms with Gasteiger partial charge in [-0.3, -0.25) is 50.5 Å². The number of nitro benzene ring substituents is 2. The van der Waals surface area contributed by atoms with Crippen LogP contribution in [0.25, 0.3) is 21.8 Å². The molecule has 2 aliphatic rings. The molecule has 0 spiro atoms. The number of nitro groups is 2. The summed E-state index contributed by atoms with van der Waals surface area (Å²) in [7, 11) is -3.63. The third kappa shape index (κ3) is 11.2. The van der Waals surface area contributed by atoms with Crippen molar-refractivity contribution < 1.29 is 129 Å². The van der Waals surface area contributed by atoms with Crippen LogP contribution in [0.15, 0.2) is 113 Å². The summed E-state index contributed by atoms with van der Waals surface area (Å²) in [5.41, 5.74) is 5.29. The number of carbonyl (C=O) groups is 3. The van der Waals surface area contributed by atoms with Crippen molar-refractivity contribution in [2.75, 3.05) is 23.3 Å². The van der Waals surface area contributed by atoms with E-state index in [2.05, 4.69) is 31.1 Å². The molecule has 0 aromatic heterocycles. The number of methoxy groups -OCH3 is 1. The average Bonchev–Trinajstić information content (AvgIpc) is 3.20. The molecule has 62 heavy (non-hydrogen) atoms. The molecule has 0 radical (unpaired) electrons. The summed E-state index contributed by atoms with van der Waals surface area (Å²) in [6, 6.07) is 21.8. The number of phenols is 2. The molecule has 5 aromatic rings. The number of ketones is 2. The molecule has 24 heteroatoms. The van der Waals surface area contributed by atoms with Crippen LogP contribution in [0.2, 0.25) is 0 Å². The standard InChI is InChI=1S/C20H13N3O7S.C18H14N4O6.Cr.2Na/c24-16-8-5-11-3-1-2-4-13(11)19(16)21-22-20-14-7-6-12(23(26)27)9-15(14)18(10-17(20)25)31(28,29)30;1-28-18(25)19-12-4-2-3-10-5-7-15(24)17(16(10)12)21-20-13-9-11(22(26)27)6-8-14(13)23;;;/h1-10,21,24H,(H,28,29,30);2-9,20,23H,1H3,(H,19,25);;;/q;;;2*+1/b22-20-;21-17+;;;. The van der Waals surface area contributed by atoms with Gasteiger partial charge in [0.2, 0.25) is 11.6 Å². The van der Waals surface area contributed by atoms with Gasteiger partial charge in [-0.15, -0.1) is 0 Å². The quantitative estimate of drug-likeness (QED) is 0.0392. The van der Waals surface area contributed by atoms with Crippen LogP contribution in [-0.4, -0.2) is 69.2 Å². The number of fused-ring (bicyclic) bond motifs is 3. The Balaban J connectivity index is 0.000000317. The van der Waals surface area contributed by atoms with Crippen LogP contribution in [0.3, 0.4) is 0 Å². The van der Waals surface area contributed by atoms with Crippen molar-refractivity contribution in [2.24, 2.45) is 10.2 Å².